The topological polar surface area (TPSA) is 63.9 Å². The van der Waals surface area contributed by atoms with Crippen LogP contribution in [0.2, 0.25) is 0 Å². The second kappa shape index (κ2) is 7.70. The van der Waals surface area contributed by atoms with E-state index in [0.717, 1.165) is 38.0 Å². The van der Waals surface area contributed by atoms with Gasteiger partial charge in [0.25, 0.3) is 5.91 Å². The summed E-state index contributed by atoms with van der Waals surface area (Å²) in [6, 6.07) is 18.1. The van der Waals surface area contributed by atoms with E-state index in [1.807, 2.05) is 36.1 Å². The SMILES string of the molecule is Cc1nnnn1-c1ccccc1C(=O)N1CCC(Cc2ccccc2)CC1. The van der Waals surface area contributed by atoms with Crippen LogP contribution in [0.1, 0.15) is 34.6 Å². The summed E-state index contributed by atoms with van der Waals surface area (Å²) in [6.07, 6.45) is 3.16. The highest BCUT2D eigenvalue weighted by atomic mass is 16.2. The predicted molar refractivity (Wildman–Crippen MR) is 103 cm³/mol. The highest BCUT2D eigenvalue weighted by Crippen LogP contribution is 2.24. The molecule has 0 N–H and O–H groups in total. The average molecular weight is 361 g/mol. The lowest BCUT2D eigenvalue weighted by Gasteiger charge is -2.32. The Morgan fingerprint density at radius 3 is 2.44 bits per heavy atom. The van der Waals surface area contributed by atoms with Crippen molar-refractivity contribution in [2.45, 2.75) is 26.2 Å². The Morgan fingerprint density at radius 1 is 1.04 bits per heavy atom. The quantitative estimate of drug-likeness (QED) is 0.716. The highest BCUT2D eigenvalue weighted by Gasteiger charge is 2.26. The van der Waals surface area contributed by atoms with Crippen LogP contribution >= 0.6 is 0 Å². The third-order valence-electron chi connectivity index (χ3n) is 5.26. The molecule has 0 radical (unpaired) electrons. The first-order valence-electron chi connectivity index (χ1n) is 9.40. The number of carbonyl (C=O) groups excluding carboxylic acids is 1. The van der Waals surface area contributed by atoms with E-state index in [1.54, 1.807) is 4.68 Å². The summed E-state index contributed by atoms with van der Waals surface area (Å²) in [4.78, 5) is 15.1. The van der Waals surface area contributed by atoms with Gasteiger partial charge in [-0.05, 0) is 60.2 Å². The van der Waals surface area contributed by atoms with Gasteiger partial charge in [0.05, 0.1) is 11.3 Å². The molecule has 0 atom stereocenters. The maximum absolute atomic E-state index is 13.1. The van der Waals surface area contributed by atoms with Crippen molar-refractivity contribution < 1.29 is 4.79 Å². The van der Waals surface area contributed by atoms with Crippen molar-refractivity contribution in [3.05, 3.63) is 71.5 Å². The third kappa shape index (κ3) is 3.74. The van der Waals surface area contributed by atoms with Gasteiger partial charge in [-0.1, -0.05) is 42.5 Å². The van der Waals surface area contributed by atoms with Crippen molar-refractivity contribution in [2.75, 3.05) is 13.1 Å². The van der Waals surface area contributed by atoms with Crippen LogP contribution in [0.25, 0.3) is 5.69 Å². The number of amides is 1. The molecule has 2 aromatic carbocycles. The molecular formula is C21H23N5O. The fourth-order valence-corrected chi connectivity index (χ4v) is 3.75. The molecule has 1 fully saturated rings. The van der Waals surface area contributed by atoms with Gasteiger partial charge < -0.3 is 4.90 Å². The van der Waals surface area contributed by atoms with E-state index in [1.165, 1.54) is 5.56 Å². The zero-order chi connectivity index (χ0) is 18.6. The molecule has 1 aliphatic rings. The number of piperidine rings is 1. The number of benzene rings is 2. The van der Waals surface area contributed by atoms with Gasteiger partial charge in [0.1, 0.15) is 0 Å². The van der Waals surface area contributed by atoms with Gasteiger partial charge in [-0.15, -0.1) is 5.10 Å². The van der Waals surface area contributed by atoms with Crippen LogP contribution in [0.3, 0.4) is 0 Å². The maximum atomic E-state index is 13.1. The lowest BCUT2D eigenvalue weighted by Crippen LogP contribution is -2.39. The Kier molecular flexibility index (Phi) is 4.96. The minimum absolute atomic E-state index is 0.0543. The predicted octanol–water partition coefficient (Wildman–Crippen LogP) is 3.07. The average Bonchev–Trinajstić information content (AvgIpc) is 3.14. The van der Waals surface area contributed by atoms with Crippen molar-refractivity contribution in [2.24, 2.45) is 5.92 Å². The Hall–Kier alpha value is -3.02. The Morgan fingerprint density at radius 2 is 1.74 bits per heavy atom. The largest absolute Gasteiger partial charge is 0.339 e. The van der Waals surface area contributed by atoms with E-state index in [2.05, 4.69) is 45.9 Å². The summed E-state index contributed by atoms with van der Waals surface area (Å²) in [5.41, 5.74) is 2.76. The summed E-state index contributed by atoms with van der Waals surface area (Å²) in [7, 11) is 0. The summed E-state index contributed by atoms with van der Waals surface area (Å²) in [5, 5.41) is 11.6. The van der Waals surface area contributed by atoms with Crippen LogP contribution < -0.4 is 0 Å². The lowest BCUT2D eigenvalue weighted by molar-refractivity contribution is 0.0690. The molecule has 27 heavy (non-hydrogen) atoms. The van der Waals surface area contributed by atoms with Crippen LogP contribution in [-0.2, 0) is 6.42 Å². The monoisotopic (exact) mass is 361 g/mol. The molecule has 6 nitrogen and oxygen atoms in total. The van der Waals surface area contributed by atoms with Crippen molar-refractivity contribution in [1.82, 2.24) is 25.1 Å². The fraction of sp³-hybridized carbons (Fsp3) is 0.333. The summed E-state index contributed by atoms with van der Waals surface area (Å²) in [6.45, 7) is 3.41. The van der Waals surface area contributed by atoms with Gasteiger partial charge >= 0.3 is 0 Å². The summed E-state index contributed by atoms with van der Waals surface area (Å²) in [5.74, 6) is 1.35. The lowest BCUT2D eigenvalue weighted by atomic mass is 9.90. The van der Waals surface area contributed by atoms with Crippen LogP contribution in [-0.4, -0.2) is 44.1 Å². The van der Waals surface area contributed by atoms with Gasteiger partial charge in [-0.25, -0.2) is 0 Å². The summed E-state index contributed by atoms with van der Waals surface area (Å²) < 4.78 is 1.62. The molecule has 3 aromatic rings. The molecule has 6 heteroatoms. The molecule has 0 spiro atoms. The minimum atomic E-state index is 0.0543. The molecule has 1 aliphatic heterocycles. The number of aromatic nitrogens is 4. The van der Waals surface area contributed by atoms with Gasteiger partial charge in [0, 0.05) is 13.1 Å². The number of rotatable bonds is 4. The Balaban J connectivity index is 1.45. The summed E-state index contributed by atoms with van der Waals surface area (Å²) >= 11 is 0. The van der Waals surface area contributed by atoms with Gasteiger partial charge in [0.15, 0.2) is 5.82 Å². The maximum Gasteiger partial charge on any atom is 0.256 e. The molecule has 0 unspecified atom stereocenters. The van der Waals surface area contributed by atoms with Gasteiger partial charge in [-0.3, -0.25) is 4.79 Å². The number of para-hydroxylation sites is 1. The second-order valence-electron chi connectivity index (χ2n) is 7.08. The first-order chi connectivity index (χ1) is 13.2. The number of nitrogens with zero attached hydrogens (tertiary/aromatic N) is 5. The van der Waals surface area contributed by atoms with E-state index in [0.29, 0.717) is 17.3 Å². The standard InChI is InChI=1S/C21H23N5O/c1-16-22-23-24-26(16)20-10-6-5-9-19(20)21(27)25-13-11-18(12-14-25)15-17-7-3-2-4-8-17/h2-10,18H,11-15H2,1H3. The number of likely N-dealkylation sites (tertiary alicyclic amines) is 1. The Bertz CT molecular complexity index is 913. The molecular weight excluding hydrogens is 338 g/mol. The van der Waals surface area contributed by atoms with Crippen LogP contribution in [0, 0.1) is 12.8 Å². The number of aryl methyl sites for hydroxylation is 1. The molecule has 0 saturated carbocycles. The Labute approximate surface area is 158 Å². The molecule has 0 aliphatic carbocycles. The van der Waals surface area contributed by atoms with Gasteiger partial charge in [-0.2, -0.15) is 4.68 Å². The second-order valence-corrected chi connectivity index (χ2v) is 7.08. The van der Waals surface area contributed by atoms with E-state index in [-0.39, 0.29) is 5.91 Å². The number of tetrazole rings is 1. The van der Waals surface area contributed by atoms with E-state index >= 15 is 0 Å². The van der Waals surface area contributed by atoms with Crippen LogP contribution in [0.4, 0.5) is 0 Å². The molecule has 1 aromatic heterocycles. The first-order valence-corrected chi connectivity index (χ1v) is 9.40. The van der Waals surface area contributed by atoms with Gasteiger partial charge in [0.2, 0.25) is 0 Å². The zero-order valence-corrected chi connectivity index (χ0v) is 15.5. The van der Waals surface area contributed by atoms with E-state index < -0.39 is 0 Å². The highest BCUT2D eigenvalue weighted by molar-refractivity contribution is 5.97. The van der Waals surface area contributed by atoms with Crippen molar-refractivity contribution in [1.29, 1.82) is 0 Å². The number of carbonyl (C=O) groups is 1. The van der Waals surface area contributed by atoms with Crippen molar-refractivity contribution >= 4 is 5.91 Å². The van der Waals surface area contributed by atoms with E-state index in [4.69, 9.17) is 0 Å². The van der Waals surface area contributed by atoms with Crippen molar-refractivity contribution in [3.8, 4) is 5.69 Å². The normalized spacial score (nSPS) is 15.1. The molecule has 138 valence electrons. The molecule has 1 saturated heterocycles. The smallest absolute Gasteiger partial charge is 0.256 e. The minimum Gasteiger partial charge on any atom is -0.339 e. The molecule has 2 heterocycles. The van der Waals surface area contributed by atoms with E-state index in [9.17, 15) is 4.79 Å². The molecule has 1 amide bonds. The zero-order valence-electron chi connectivity index (χ0n) is 15.5. The number of hydrogen-bond acceptors (Lipinski definition) is 4. The molecule has 4 rings (SSSR count). The molecule has 0 bridgehead atoms. The van der Waals surface area contributed by atoms with Crippen LogP contribution in [0.15, 0.2) is 54.6 Å². The third-order valence-corrected chi connectivity index (χ3v) is 5.26. The number of hydrogen-bond donors (Lipinski definition) is 0. The van der Waals surface area contributed by atoms with Crippen molar-refractivity contribution in [3.63, 3.8) is 0 Å². The fourth-order valence-electron chi connectivity index (χ4n) is 3.75. The van der Waals surface area contributed by atoms with Crippen LogP contribution in [0.5, 0.6) is 0 Å². The first kappa shape index (κ1) is 17.4.